The molecule has 0 amide bonds. The number of aromatic nitrogens is 1. The fraction of sp³-hybridized carbons (Fsp3) is 0.320. The van der Waals surface area contributed by atoms with Crippen molar-refractivity contribution in [1.29, 1.82) is 0 Å². The van der Waals surface area contributed by atoms with Crippen LogP contribution in [0.1, 0.15) is 13.3 Å². The minimum atomic E-state index is -0.445. The van der Waals surface area contributed by atoms with Crippen LogP contribution >= 0.6 is 11.9 Å². The first-order valence-corrected chi connectivity index (χ1v) is 12.2. The third-order valence-corrected chi connectivity index (χ3v) is 6.62. The third-order valence-electron chi connectivity index (χ3n) is 5.65. The zero-order valence-corrected chi connectivity index (χ0v) is 19.8. The summed E-state index contributed by atoms with van der Waals surface area (Å²) in [5.41, 5.74) is 11.3. The topological polar surface area (TPSA) is 75.4 Å². The van der Waals surface area contributed by atoms with Gasteiger partial charge in [0.15, 0.2) is 11.6 Å². The summed E-state index contributed by atoms with van der Waals surface area (Å²) in [6.45, 7) is 6.10. The summed E-state index contributed by atoms with van der Waals surface area (Å²) in [6.07, 6.45) is 2.77. The molecule has 8 heteroatoms. The highest BCUT2D eigenvalue weighted by molar-refractivity contribution is 8.00. The van der Waals surface area contributed by atoms with Gasteiger partial charge in [-0.25, -0.2) is 9.37 Å². The second-order valence-corrected chi connectivity index (χ2v) is 8.83. The molecular formula is C25H30FN5OS. The predicted molar refractivity (Wildman–Crippen MR) is 137 cm³/mol. The van der Waals surface area contributed by atoms with Gasteiger partial charge in [0.25, 0.3) is 0 Å². The Bertz CT molecular complexity index is 1090. The first-order chi connectivity index (χ1) is 16.1. The van der Waals surface area contributed by atoms with Gasteiger partial charge in [0, 0.05) is 54.9 Å². The van der Waals surface area contributed by atoms with E-state index >= 15 is 0 Å². The monoisotopic (exact) mass is 467 g/mol. The number of benzene rings is 2. The third kappa shape index (κ3) is 5.34. The van der Waals surface area contributed by atoms with Gasteiger partial charge in [-0.15, -0.1) is 0 Å². The molecule has 0 saturated carbocycles. The Morgan fingerprint density at radius 3 is 2.58 bits per heavy atom. The maximum Gasteiger partial charge on any atom is 0.178 e. The van der Waals surface area contributed by atoms with Crippen LogP contribution in [0.4, 0.5) is 21.6 Å². The lowest BCUT2D eigenvalue weighted by atomic mass is 10.00. The summed E-state index contributed by atoms with van der Waals surface area (Å²) in [5, 5.41) is 3.38. The van der Waals surface area contributed by atoms with Gasteiger partial charge in [-0.1, -0.05) is 31.0 Å². The minimum Gasteiger partial charge on any atom is -0.492 e. The molecule has 2 heterocycles. The molecule has 2 aromatic carbocycles. The van der Waals surface area contributed by atoms with Crippen LogP contribution in [0, 0.1) is 5.82 Å². The van der Waals surface area contributed by atoms with E-state index in [0.29, 0.717) is 22.6 Å². The number of halogens is 1. The first kappa shape index (κ1) is 23.2. The predicted octanol–water partition coefficient (Wildman–Crippen LogP) is 5.03. The van der Waals surface area contributed by atoms with Crippen LogP contribution in [0.15, 0.2) is 48.7 Å². The molecule has 3 aromatic rings. The number of anilines is 3. The van der Waals surface area contributed by atoms with Crippen LogP contribution in [-0.4, -0.2) is 44.0 Å². The molecule has 6 nitrogen and oxygen atoms in total. The zero-order valence-electron chi connectivity index (χ0n) is 19.0. The van der Waals surface area contributed by atoms with Gasteiger partial charge in [0.2, 0.25) is 0 Å². The standard InChI is InChI=1S/C25H30FN5OS/c1-3-12-33-30-23-15-18(14-22(26)24(23)32-2)21-13-19(16-29-25(21)27)17-4-6-20(7-5-17)31-10-8-28-9-11-31/h4-7,13-16,28,30H,3,8-12H2,1-2H3,(H2,27,29). The SMILES string of the molecule is CCCSNc1cc(-c2cc(-c3ccc(N4CCNCC4)cc3)cnc2N)cc(F)c1OC. The number of ether oxygens (including phenoxy) is 1. The second-order valence-electron chi connectivity index (χ2n) is 7.93. The van der Waals surface area contributed by atoms with E-state index in [-0.39, 0.29) is 5.75 Å². The Balaban J connectivity index is 1.64. The highest BCUT2D eigenvalue weighted by Crippen LogP contribution is 2.38. The summed E-state index contributed by atoms with van der Waals surface area (Å²) in [4.78, 5) is 6.77. The van der Waals surface area contributed by atoms with Crippen LogP contribution in [0.2, 0.25) is 0 Å². The first-order valence-electron chi connectivity index (χ1n) is 11.2. The molecule has 0 unspecified atom stereocenters. The van der Waals surface area contributed by atoms with E-state index in [1.807, 2.05) is 12.1 Å². The van der Waals surface area contributed by atoms with Crippen molar-refractivity contribution in [3.63, 3.8) is 0 Å². The number of hydrogen-bond acceptors (Lipinski definition) is 7. The van der Waals surface area contributed by atoms with Crippen LogP contribution < -0.4 is 25.4 Å². The number of nitrogens with one attached hydrogen (secondary N) is 2. The Kier molecular flexibility index (Phi) is 7.57. The second kappa shape index (κ2) is 10.8. The number of hydrogen-bond donors (Lipinski definition) is 3. The average Bonchev–Trinajstić information content (AvgIpc) is 2.85. The lowest BCUT2D eigenvalue weighted by Crippen LogP contribution is -2.43. The van der Waals surface area contributed by atoms with Gasteiger partial charge in [-0.05, 0) is 47.9 Å². The minimum absolute atomic E-state index is 0.188. The Morgan fingerprint density at radius 2 is 1.88 bits per heavy atom. The van der Waals surface area contributed by atoms with Crippen LogP contribution in [0.3, 0.4) is 0 Å². The zero-order chi connectivity index (χ0) is 23.2. The van der Waals surface area contributed by atoms with Crippen LogP contribution in [0.5, 0.6) is 5.75 Å². The van der Waals surface area contributed by atoms with E-state index in [1.54, 1.807) is 6.20 Å². The van der Waals surface area contributed by atoms with Gasteiger partial charge in [0.05, 0.1) is 12.8 Å². The normalized spacial score (nSPS) is 13.7. The summed E-state index contributed by atoms with van der Waals surface area (Å²) in [5.74, 6) is 0.999. The number of rotatable bonds is 8. The molecule has 0 radical (unpaired) electrons. The van der Waals surface area contributed by atoms with Gasteiger partial charge in [-0.3, -0.25) is 0 Å². The lowest BCUT2D eigenvalue weighted by molar-refractivity contribution is 0.389. The highest BCUT2D eigenvalue weighted by Gasteiger charge is 2.16. The van der Waals surface area contributed by atoms with Crippen molar-refractivity contribution in [3.8, 4) is 28.0 Å². The van der Waals surface area contributed by atoms with Gasteiger partial charge in [-0.2, -0.15) is 0 Å². The van der Waals surface area contributed by atoms with Crippen molar-refractivity contribution < 1.29 is 9.13 Å². The summed E-state index contributed by atoms with van der Waals surface area (Å²) in [7, 11) is 1.47. The number of nitrogen functional groups attached to an aromatic ring is 1. The maximum absolute atomic E-state index is 14.8. The van der Waals surface area contributed by atoms with E-state index in [9.17, 15) is 4.39 Å². The van der Waals surface area contributed by atoms with Crippen molar-refractivity contribution in [2.24, 2.45) is 0 Å². The Hall–Kier alpha value is -2.97. The maximum atomic E-state index is 14.8. The van der Waals surface area contributed by atoms with E-state index in [4.69, 9.17) is 10.5 Å². The smallest absolute Gasteiger partial charge is 0.178 e. The number of nitrogens with two attached hydrogens (primary N) is 1. The summed E-state index contributed by atoms with van der Waals surface area (Å²) in [6, 6.07) is 13.7. The molecule has 174 valence electrons. The number of nitrogens with zero attached hydrogens (tertiary/aromatic N) is 2. The molecule has 0 atom stereocenters. The fourth-order valence-electron chi connectivity index (χ4n) is 3.92. The van der Waals surface area contributed by atoms with Crippen molar-refractivity contribution in [2.75, 3.05) is 54.4 Å². The molecule has 0 spiro atoms. The van der Waals surface area contributed by atoms with E-state index in [2.05, 4.69) is 51.1 Å². The fourth-order valence-corrected chi connectivity index (χ4v) is 4.53. The summed E-state index contributed by atoms with van der Waals surface area (Å²) < 4.78 is 23.3. The molecule has 0 bridgehead atoms. The molecule has 4 rings (SSSR count). The van der Waals surface area contributed by atoms with Crippen LogP contribution in [0.25, 0.3) is 22.3 Å². The Morgan fingerprint density at radius 1 is 1.12 bits per heavy atom. The van der Waals surface area contributed by atoms with Crippen molar-refractivity contribution in [2.45, 2.75) is 13.3 Å². The molecule has 33 heavy (non-hydrogen) atoms. The van der Waals surface area contributed by atoms with Gasteiger partial charge in [0.1, 0.15) is 5.82 Å². The van der Waals surface area contributed by atoms with Crippen molar-refractivity contribution >= 4 is 29.1 Å². The quantitative estimate of drug-likeness (QED) is 0.317. The van der Waals surface area contributed by atoms with Crippen molar-refractivity contribution in [3.05, 3.63) is 54.5 Å². The molecular weight excluding hydrogens is 437 g/mol. The van der Waals surface area contributed by atoms with Crippen LogP contribution in [-0.2, 0) is 0 Å². The molecule has 1 aliphatic heterocycles. The highest BCUT2D eigenvalue weighted by atomic mass is 32.2. The molecule has 1 aliphatic rings. The molecule has 1 saturated heterocycles. The van der Waals surface area contributed by atoms with Crippen molar-refractivity contribution in [1.82, 2.24) is 10.3 Å². The molecule has 0 aliphatic carbocycles. The Labute approximate surface area is 198 Å². The van der Waals surface area contributed by atoms with Gasteiger partial charge < -0.3 is 25.4 Å². The molecule has 1 fully saturated rings. The van der Waals surface area contributed by atoms with E-state index in [0.717, 1.165) is 49.5 Å². The number of methoxy groups -OCH3 is 1. The van der Waals surface area contributed by atoms with E-state index < -0.39 is 5.82 Å². The summed E-state index contributed by atoms with van der Waals surface area (Å²) >= 11 is 1.51. The largest absolute Gasteiger partial charge is 0.492 e. The lowest BCUT2D eigenvalue weighted by Gasteiger charge is -2.29. The number of piperazine rings is 1. The molecule has 1 aromatic heterocycles. The molecule has 4 N–H and O–H groups in total. The number of pyridine rings is 1. The average molecular weight is 468 g/mol. The van der Waals surface area contributed by atoms with E-state index in [1.165, 1.54) is 30.8 Å². The van der Waals surface area contributed by atoms with Gasteiger partial charge >= 0.3 is 0 Å².